The Hall–Kier alpha value is -0.350. The average Bonchev–Trinajstić information content (AvgIpc) is 2.15. The minimum Gasteiger partial charge on any atom is -0.392 e. The number of halogens is 1. The van der Waals surface area contributed by atoms with Crippen molar-refractivity contribution in [2.45, 2.75) is 20.8 Å². The number of benzene rings is 1. The van der Waals surface area contributed by atoms with Gasteiger partial charge in [-0.25, -0.2) is 0 Å². The topological polar surface area (TPSA) is 20.2 Å². The minimum absolute atomic E-state index is 0.102. The molecule has 0 aliphatic carbocycles. The number of hydrogen-bond acceptors (Lipinski definition) is 1. The SMILES string of the molecule is Cc1ccc(C(I)=CCO)c(C)c1C. The van der Waals surface area contributed by atoms with Crippen LogP contribution >= 0.6 is 22.6 Å². The molecule has 14 heavy (non-hydrogen) atoms. The summed E-state index contributed by atoms with van der Waals surface area (Å²) in [5, 5.41) is 8.83. The van der Waals surface area contributed by atoms with Crippen molar-refractivity contribution in [3.05, 3.63) is 40.5 Å². The van der Waals surface area contributed by atoms with E-state index in [1.54, 1.807) is 0 Å². The van der Waals surface area contributed by atoms with Gasteiger partial charge in [0, 0.05) is 3.58 Å². The van der Waals surface area contributed by atoms with E-state index in [4.69, 9.17) is 5.11 Å². The molecule has 0 aliphatic rings. The van der Waals surface area contributed by atoms with Crippen molar-refractivity contribution in [1.82, 2.24) is 0 Å². The van der Waals surface area contributed by atoms with Crippen molar-refractivity contribution in [2.75, 3.05) is 6.61 Å². The van der Waals surface area contributed by atoms with Gasteiger partial charge in [-0.1, -0.05) is 12.1 Å². The zero-order valence-electron chi connectivity index (χ0n) is 8.76. The van der Waals surface area contributed by atoms with Gasteiger partial charge >= 0.3 is 0 Å². The molecule has 1 aromatic carbocycles. The Kier molecular flexibility index (Phi) is 4.13. The first-order valence-corrected chi connectivity index (χ1v) is 5.69. The Morgan fingerprint density at radius 1 is 1.29 bits per heavy atom. The molecule has 1 N–H and O–H groups in total. The zero-order valence-corrected chi connectivity index (χ0v) is 10.9. The number of aryl methyl sites for hydroxylation is 1. The van der Waals surface area contributed by atoms with Gasteiger partial charge in [0.2, 0.25) is 0 Å². The molecule has 0 aliphatic heterocycles. The lowest BCUT2D eigenvalue weighted by atomic mass is 9.99. The van der Waals surface area contributed by atoms with Gasteiger partial charge < -0.3 is 5.11 Å². The van der Waals surface area contributed by atoms with Gasteiger partial charge in [0.25, 0.3) is 0 Å². The molecule has 0 saturated heterocycles. The Bertz CT molecular complexity index is 367. The molecule has 1 rings (SSSR count). The molecule has 0 amide bonds. The van der Waals surface area contributed by atoms with Gasteiger partial charge in [0.05, 0.1) is 6.61 Å². The molecule has 0 saturated carbocycles. The van der Waals surface area contributed by atoms with Crippen molar-refractivity contribution in [1.29, 1.82) is 0 Å². The lowest BCUT2D eigenvalue weighted by Gasteiger charge is -2.10. The third-order valence-corrected chi connectivity index (χ3v) is 3.61. The first-order chi connectivity index (χ1) is 6.57. The summed E-state index contributed by atoms with van der Waals surface area (Å²) in [6, 6.07) is 4.24. The van der Waals surface area contributed by atoms with Crippen molar-refractivity contribution in [3.8, 4) is 0 Å². The molecule has 0 unspecified atom stereocenters. The first kappa shape index (κ1) is 11.7. The van der Waals surface area contributed by atoms with Gasteiger partial charge in [-0.2, -0.15) is 0 Å². The van der Waals surface area contributed by atoms with E-state index < -0.39 is 0 Å². The molecule has 0 atom stereocenters. The van der Waals surface area contributed by atoms with Crippen LogP contribution in [0, 0.1) is 20.8 Å². The maximum atomic E-state index is 8.83. The fraction of sp³-hybridized carbons (Fsp3) is 0.333. The van der Waals surface area contributed by atoms with Crippen molar-refractivity contribution < 1.29 is 5.11 Å². The third kappa shape index (κ3) is 2.36. The molecule has 1 nitrogen and oxygen atoms in total. The van der Waals surface area contributed by atoms with Gasteiger partial charge in [-0.3, -0.25) is 0 Å². The van der Waals surface area contributed by atoms with Crippen LogP contribution in [0.4, 0.5) is 0 Å². The van der Waals surface area contributed by atoms with Crippen LogP contribution < -0.4 is 0 Å². The third-order valence-electron chi connectivity index (χ3n) is 2.59. The van der Waals surface area contributed by atoms with Crippen LogP contribution in [0.15, 0.2) is 18.2 Å². The molecule has 0 radical (unpaired) electrons. The second-order valence-corrected chi connectivity index (χ2v) is 4.58. The zero-order chi connectivity index (χ0) is 10.7. The highest BCUT2D eigenvalue weighted by Crippen LogP contribution is 2.27. The highest BCUT2D eigenvalue weighted by Gasteiger charge is 2.05. The van der Waals surface area contributed by atoms with E-state index in [1.807, 2.05) is 6.08 Å². The van der Waals surface area contributed by atoms with Gasteiger partial charge in [0.1, 0.15) is 0 Å². The normalized spacial score (nSPS) is 11.9. The van der Waals surface area contributed by atoms with E-state index in [1.165, 1.54) is 22.3 Å². The molecule has 0 aromatic heterocycles. The lowest BCUT2D eigenvalue weighted by molar-refractivity contribution is 0.343. The summed E-state index contributed by atoms with van der Waals surface area (Å²) in [4.78, 5) is 0. The van der Waals surface area contributed by atoms with Crippen molar-refractivity contribution in [2.24, 2.45) is 0 Å². The second kappa shape index (κ2) is 4.94. The molecule has 0 fully saturated rings. The maximum absolute atomic E-state index is 8.83. The Morgan fingerprint density at radius 2 is 1.93 bits per heavy atom. The number of aliphatic hydroxyl groups excluding tert-OH is 1. The van der Waals surface area contributed by atoms with E-state index in [-0.39, 0.29) is 6.61 Å². The van der Waals surface area contributed by atoms with E-state index in [0.29, 0.717) is 0 Å². The molecular weight excluding hydrogens is 287 g/mol. The van der Waals surface area contributed by atoms with E-state index in [9.17, 15) is 0 Å². The van der Waals surface area contributed by atoms with Gasteiger partial charge in [-0.05, 0) is 71.7 Å². The fourth-order valence-electron chi connectivity index (χ4n) is 1.40. The molecule has 0 bridgehead atoms. The van der Waals surface area contributed by atoms with Crippen molar-refractivity contribution >= 4 is 26.2 Å². The summed E-state index contributed by atoms with van der Waals surface area (Å²) in [6.45, 7) is 6.48. The number of aliphatic hydroxyl groups is 1. The molecular formula is C12H15IO. The monoisotopic (exact) mass is 302 g/mol. The predicted octanol–water partition coefficient (Wildman–Crippen LogP) is 3.38. The quantitative estimate of drug-likeness (QED) is 0.830. The van der Waals surface area contributed by atoms with E-state index in [0.717, 1.165) is 3.58 Å². The molecule has 1 aromatic rings. The van der Waals surface area contributed by atoms with Crippen LogP contribution in [0.2, 0.25) is 0 Å². The lowest BCUT2D eigenvalue weighted by Crippen LogP contribution is -1.92. The Labute approximate surface area is 99.0 Å². The van der Waals surface area contributed by atoms with Crippen LogP contribution in [0.3, 0.4) is 0 Å². The summed E-state index contributed by atoms with van der Waals surface area (Å²) < 4.78 is 1.12. The van der Waals surface area contributed by atoms with Gasteiger partial charge in [-0.15, -0.1) is 0 Å². The number of rotatable bonds is 2. The van der Waals surface area contributed by atoms with Crippen LogP contribution in [0.25, 0.3) is 3.58 Å². The standard InChI is InChI=1S/C12H15IO/c1-8-4-5-11(10(3)9(8)2)12(13)6-7-14/h4-6,14H,7H2,1-3H3. The molecule has 76 valence electrons. The number of hydrogen-bond donors (Lipinski definition) is 1. The molecule has 0 heterocycles. The summed E-state index contributed by atoms with van der Waals surface area (Å²) in [5.74, 6) is 0. The first-order valence-electron chi connectivity index (χ1n) is 4.61. The largest absolute Gasteiger partial charge is 0.392 e. The maximum Gasteiger partial charge on any atom is 0.0625 e. The highest BCUT2D eigenvalue weighted by atomic mass is 127. The van der Waals surface area contributed by atoms with Crippen LogP contribution in [0.5, 0.6) is 0 Å². The Balaban J connectivity index is 3.24. The summed E-state index contributed by atoms with van der Waals surface area (Å²) in [5.41, 5.74) is 5.18. The summed E-state index contributed by atoms with van der Waals surface area (Å²) in [7, 11) is 0. The predicted molar refractivity (Wildman–Crippen MR) is 69.7 cm³/mol. The smallest absolute Gasteiger partial charge is 0.0625 e. The molecule has 2 heteroatoms. The second-order valence-electron chi connectivity index (χ2n) is 3.41. The highest BCUT2D eigenvalue weighted by molar-refractivity contribution is 14.1. The average molecular weight is 302 g/mol. The van der Waals surface area contributed by atoms with Crippen molar-refractivity contribution in [3.63, 3.8) is 0 Å². The fourth-order valence-corrected chi connectivity index (χ4v) is 2.19. The summed E-state index contributed by atoms with van der Waals surface area (Å²) in [6.07, 6.45) is 1.83. The van der Waals surface area contributed by atoms with Gasteiger partial charge in [0.15, 0.2) is 0 Å². The van der Waals surface area contributed by atoms with E-state index in [2.05, 4.69) is 55.5 Å². The Morgan fingerprint density at radius 3 is 2.50 bits per heavy atom. The molecule has 0 spiro atoms. The van der Waals surface area contributed by atoms with E-state index >= 15 is 0 Å². The minimum atomic E-state index is 0.102. The van der Waals surface area contributed by atoms with Crippen LogP contribution in [-0.2, 0) is 0 Å². The van der Waals surface area contributed by atoms with Crippen LogP contribution in [0.1, 0.15) is 22.3 Å². The summed E-state index contributed by atoms with van der Waals surface area (Å²) >= 11 is 2.26. The van der Waals surface area contributed by atoms with Crippen LogP contribution in [-0.4, -0.2) is 11.7 Å².